The molecule has 0 bridgehead atoms. The first kappa shape index (κ1) is 16.4. The number of pyridine rings is 1. The van der Waals surface area contributed by atoms with Crippen LogP contribution < -0.4 is 19.7 Å². The van der Waals surface area contributed by atoms with Crippen molar-refractivity contribution in [1.82, 2.24) is 4.98 Å². The first-order valence-corrected chi connectivity index (χ1v) is 6.83. The largest absolute Gasteiger partial charge is 0.586 e. The summed E-state index contributed by atoms with van der Waals surface area (Å²) in [5.74, 6) is -1.53. The highest BCUT2D eigenvalue weighted by atomic mass is 19.3. The number of hydrogen-bond donors (Lipinski definition) is 2. The van der Waals surface area contributed by atoms with Gasteiger partial charge in [-0.15, -0.1) is 8.78 Å². The molecular formula is C14H11BF3NO5. The van der Waals surface area contributed by atoms with Crippen LogP contribution >= 0.6 is 0 Å². The second-order valence-corrected chi connectivity index (χ2v) is 5.07. The molecule has 2 heterocycles. The lowest BCUT2D eigenvalue weighted by Gasteiger charge is -2.16. The van der Waals surface area contributed by atoms with Crippen molar-refractivity contribution in [3.8, 4) is 17.2 Å². The minimum atomic E-state index is -3.73. The number of halogens is 3. The van der Waals surface area contributed by atoms with Gasteiger partial charge in [0.2, 0.25) is 0 Å². The fourth-order valence-corrected chi connectivity index (χ4v) is 2.14. The predicted molar refractivity (Wildman–Crippen MR) is 75.7 cm³/mol. The van der Waals surface area contributed by atoms with Crippen LogP contribution in [0.3, 0.4) is 0 Å². The first-order valence-electron chi connectivity index (χ1n) is 6.83. The van der Waals surface area contributed by atoms with Crippen molar-refractivity contribution in [2.75, 3.05) is 0 Å². The van der Waals surface area contributed by atoms with E-state index in [1.165, 1.54) is 18.2 Å². The SMILES string of the molecule is C[C@H](Oc1cc(B(O)O)cnc1F)c1ccc2c(c1)OC(F)(F)O2. The molecule has 1 aromatic heterocycles. The Labute approximate surface area is 134 Å². The van der Waals surface area contributed by atoms with Gasteiger partial charge in [-0.1, -0.05) is 6.07 Å². The van der Waals surface area contributed by atoms with Gasteiger partial charge in [0.25, 0.3) is 5.95 Å². The number of rotatable bonds is 4. The van der Waals surface area contributed by atoms with Gasteiger partial charge < -0.3 is 24.3 Å². The second-order valence-electron chi connectivity index (χ2n) is 5.07. The normalized spacial score (nSPS) is 15.9. The Morgan fingerprint density at radius 1 is 1.21 bits per heavy atom. The van der Waals surface area contributed by atoms with Crippen LogP contribution in [0.1, 0.15) is 18.6 Å². The van der Waals surface area contributed by atoms with Gasteiger partial charge >= 0.3 is 13.4 Å². The minimum Gasteiger partial charge on any atom is -0.481 e. The molecule has 0 saturated carbocycles. The van der Waals surface area contributed by atoms with Crippen molar-refractivity contribution in [3.63, 3.8) is 0 Å². The summed E-state index contributed by atoms with van der Waals surface area (Å²) in [7, 11) is -1.83. The van der Waals surface area contributed by atoms with Crippen LogP contribution in [0.25, 0.3) is 0 Å². The van der Waals surface area contributed by atoms with Gasteiger partial charge in [0.05, 0.1) is 0 Å². The Morgan fingerprint density at radius 3 is 2.62 bits per heavy atom. The van der Waals surface area contributed by atoms with Gasteiger partial charge in [0.15, 0.2) is 17.2 Å². The van der Waals surface area contributed by atoms with Crippen molar-refractivity contribution in [3.05, 3.63) is 42.0 Å². The highest BCUT2D eigenvalue weighted by Gasteiger charge is 2.43. The molecule has 24 heavy (non-hydrogen) atoms. The molecule has 0 radical (unpaired) electrons. The van der Waals surface area contributed by atoms with Crippen molar-refractivity contribution >= 4 is 12.6 Å². The number of hydrogen-bond acceptors (Lipinski definition) is 6. The molecular weight excluding hydrogens is 330 g/mol. The van der Waals surface area contributed by atoms with E-state index >= 15 is 0 Å². The zero-order valence-electron chi connectivity index (χ0n) is 12.2. The molecule has 0 spiro atoms. The van der Waals surface area contributed by atoms with Crippen molar-refractivity contribution < 1.29 is 37.4 Å². The van der Waals surface area contributed by atoms with E-state index < -0.39 is 25.5 Å². The number of nitrogens with zero attached hydrogens (tertiary/aromatic N) is 1. The van der Waals surface area contributed by atoms with Crippen LogP contribution in [0.15, 0.2) is 30.5 Å². The topological polar surface area (TPSA) is 81.0 Å². The summed E-state index contributed by atoms with van der Waals surface area (Å²) in [5, 5.41) is 18.2. The monoisotopic (exact) mass is 341 g/mol. The maximum Gasteiger partial charge on any atom is 0.586 e. The molecule has 1 aromatic carbocycles. The van der Waals surface area contributed by atoms with Crippen molar-refractivity contribution in [2.45, 2.75) is 19.3 Å². The molecule has 0 aliphatic carbocycles. The summed E-state index contributed by atoms with van der Waals surface area (Å²) in [6, 6.07) is 5.12. The molecule has 1 aliphatic heterocycles. The third-order valence-corrected chi connectivity index (χ3v) is 3.32. The van der Waals surface area contributed by atoms with E-state index in [4.69, 9.17) is 14.8 Å². The van der Waals surface area contributed by atoms with E-state index in [2.05, 4.69) is 14.5 Å². The van der Waals surface area contributed by atoms with Crippen LogP contribution in [0.2, 0.25) is 0 Å². The number of ether oxygens (including phenoxy) is 3. The quantitative estimate of drug-likeness (QED) is 0.646. The van der Waals surface area contributed by atoms with Gasteiger partial charge in [-0.05, 0) is 30.7 Å². The summed E-state index contributed by atoms with van der Waals surface area (Å²) in [5.41, 5.74) is 0.369. The third kappa shape index (κ3) is 3.24. The number of benzene rings is 1. The molecule has 2 aromatic rings. The maximum absolute atomic E-state index is 13.7. The minimum absolute atomic E-state index is 0.0519. The molecule has 126 valence electrons. The predicted octanol–water partition coefficient (Wildman–Crippen LogP) is 1.36. The average Bonchev–Trinajstić information content (AvgIpc) is 2.81. The van der Waals surface area contributed by atoms with E-state index in [0.717, 1.165) is 12.3 Å². The van der Waals surface area contributed by atoms with Gasteiger partial charge in [-0.3, -0.25) is 0 Å². The van der Waals surface area contributed by atoms with E-state index in [9.17, 15) is 13.2 Å². The molecule has 2 N–H and O–H groups in total. The van der Waals surface area contributed by atoms with Crippen LogP contribution in [-0.2, 0) is 0 Å². The van der Waals surface area contributed by atoms with Gasteiger partial charge in [-0.25, -0.2) is 4.98 Å². The van der Waals surface area contributed by atoms with Crippen LogP contribution in [0.4, 0.5) is 13.2 Å². The average molecular weight is 341 g/mol. The number of aromatic nitrogens is 1. The van der Waals surface area contributed by atoms with Crippen LogP contribution in [0, 0.1) is 5.95 Å². The molecule has 3 rings (SSSR count). The van der Waals surface area contributed by atoms with E-state index in [-0.39, 0.29) is 22.7 Å². The summed E-state index contributed by atoms with van der Waals surface area (Å²) in [6.45, 7) is 1.55. The fourth-order valence-electron chi connectivity index (χ4n) is 2.14. The Bertz CT molecular complexity index is 774. The lowest BCUT2D eigenvalue weighted by Crippen LogP contribution is -2.30. The zero-order chi connectivity index (χ0) is 17.5. The summed E-state index contributed by atoms with van der Waals surface area (Å²) < 4.78 is 53.7. The van der Waals surface area contributed by atoms with Crippen molar-refractivity contribution in [2.24, 2.45) is 0 Å². The standard InChI is InChI=1S/C14H11BF3NO5/c1-7(22-12-5-9(15(20)21)6-19-13(12)16)8-2-3-10-11(4-8)24-14(17,18)23-10/h2-7,20-21H,1H3/t7-/m0/s1. The summed E-state index contributed by atoms with van der Waals surface area (Å²) >= 11 is 0. The van der Waals surface area contributed by atoms with E-state index in [1.807, 2.05) is 0 Å². The molecule has 0 fully saturated rings. The molecule has 10 heteroatoms. The Kier molecular flexibility index (Phi) is 4.02. The smallest absolute Gasteiger partial charge is 0.481 e. The highest BCUT2D eigenvalue weighted by Crippen LogP contribution is 2.42. The van der Waals surface area contributed by atoms with E-state index in [0.29, 0.717) is 5.56 Å². The number of fused-ring (bicyclic) bond motifs is 1. The summed E-state index contributed by atoms with van der Waals surface area (Å²) in [4.78, 5) is 3.37. The molecule has 0 saturated heterocycles. The second kappa shape index (κ2) is 5.88. The lowest BCUT2D eigenvalue weighted by atomic mass is 9.82. The zero-order valence-corrected chi connectivity index (χ0v) is 12.2. The summed E-state index contributed by atoms with van der Waals surface area (Å²) in [6.07, 6.45) is -3.53. The first-order chi connectivity index (χ1) is 11.2. The Hall–Kier alpha value is -2.46. The van der Waals surface area contributed by atoms with Crippen LogP contribution in [-0.4, -0.2) is 28.4 Å². The highest BCUT2D eigenvalue weighted by molar-refractivity contribution is 6.58. The molecule has 1 aliphatic rings. The molecule has 0 amide bonds. The Balaban J connectivity index is 1.81. The molecule has 1 atom stereocenters. The molecule has 6 nitrogen and oxygen atoms in total. The van der Waals surface area contributed by atoms with Crippen molar-refractivity contribution in [1.29, 1.82) is 0 Å². The fraction of sp³-hybridized carbons (Fsp3) is 0.214. The maximum atomic E-state index is 13.7. The third-order valence-electron chi connectivity index (χ3n) is 3.32. The Morgan fingerprint density at radius 2 is 1.92 bits per heavy atom. The number of alkyl halides is 2. The lowest BCUT2D eigenvalue weighted by molar-refractivity contribution is -0.286. The molecule has 0 unspecified atom stereocenters. The van der Waals surface area contributed by atoms with Gasteiger partial charge in [0, 0.05) is 11.7 Å². The van der Waals surface area contributed by atoms with Gasteiger partial charge in [0.1, 0.15) is 6.10 Å². The van der Waals surface area contributed by atoms with Gasteiger partial charge in [-0.2, -0.15) is 4.39 Å². The van der Waals surface area contributed by atoms with E-state index in [1.54, 1.807) is 6.92 Å². The van der Waals surface area contributed by atoms with Crippen LogP contribution in [0.5, 0.6) is 17.2 Å².